The maximum Gasteiger partial charge on any atom is 0.333 e. The van der Waals surface area contributed by atoms with E-state index in [-0.39, 0.29) is 55.5 Å². The highest BCUT2D eigenvalue weighted by Gasteiger charge is 2.35. The largest absolute Gasteiger partial charge is 0.462 e. The maximum atomic E-state index is 12.0. The molecule has 0 aromatic heterocycles. The Labute approximate surface area is 368 Å². The number of aliphatic hydroxyl groups is 1. The molecule has 0 spiro atoms. The SMILES string of the molecule is C=C(C)C(=O)OCC(O)COC(=O)C(C)(COC)COC.CC(=O)CCCCCCCNC(C)=O.CC(=O)Nc1ccc(Cc2ccc(NC(C)=O)cc2)cc1.COCCOC. The molecule has 0 bridgehead atoms. The highest BCUT2D eigenvalue weighted by Crippen LogP contribution is 2.20. The third-order valence-electron chi connectivity index (χ3n) is 8.11. The smallest absolute Gasteiger partial charge is 0.333 e. The lowest BCUT2D eigenvalue weighted by molar-refractivity contribution is -0.166. The summed E-state index contributed by atoms with van der Waals surface area (Å²) in [7, 11) is 6.23. The van der Waals surface area contributed by atoms with Gasteiger partial charge in [0, 0.05) is 79.1 Å². The van der Waals surface area contributed by atoms with Gasteiger partial charge in [-0.2, -0.15) is 0 Å². The number of carbonyl (C=O) groups excluding carboxylic acids is 6. The molecule has 0 heterocycles. The number of Topliss-reactive ketones (excluding diaryl/α,β-unsaturated/α-hetero) is 1. The van der Waals surface area contributed by atoms with Gasteiger partial charge in [0.05, 0.1) is 26.4 Å². The van der Waals surface area contributed by atoms with Crippen LogP contribution in [0, 0.1) is 5.41 Å². The lowest BCUT2D eigenvalue weighted by atomic mass is 9.93. The first-order valence-electron chi connectivity index (χ1n) is 20.4. The van der Waals surface area contributed by atoms with Crippen molar-refractivity contribution in [2.24, 2.45) is 5.41 Å². The van der Waals surface area contributed by atoms with E-state index in [1.807, 2.05) is 48.5 Å². The first-order valence-corrected chi connectivity index (χ1v) is 20.4. The van der Waals surface area contributed by atoms with Crippen LogP contribution in [0.2, 0.25) is 0 Å². The van der Waals surface area contributed by atoms with Crippen LogP contribution in [0.15, 0.2) is 60.7 Å². The van der Waals surface area contributed by atoms with Gasteiger partial charge in [-0.15, -0.1) is 0 Å². The molecule has 0 aliphatic rings. The minimum atomic E-state index is -1.11. The molecule has 2 rings (SSSR count). The predicted molar refractivity (Wildman–Crippen MR) is 240 cm³/mol. The van der Waals surface area contributed by atoms with E-state index in [2.05, 4.69) is 32.0 Å². The van der Waals surface area contributed by atoms with Crippen molar-refractivity contribution < 1.29 is 62.3 Å². The first kappa shape index (κ1) is 59.1. The Kier molecular flexibility index (Phi) is 34.9. The number of rotatable bonds is 25. The van der Waals surface area contributed by atoms with E-state index < -0.39 is 23.5 Å². The Morgan fingerprint density at radius 2 is 1.06 bits per heavy atom. The van der Waals surface area contributed by atoms with Crippen LogP contribution < -0.4 is 16.0 Å². The minimum Gasteiger partial charge on any atom is -0.462 e. The summed E-state index contributed by atoms with van der Waals surface area (Å²) >= 11 is 0. The number of ketones is 1. The summed E-state index contributed by atoms with van der Waals surface area (Å²) in [6, 6.07) is 15.5. The molecule has 0 fully saturated rings. The molecule has 3 amide bonds. The van der Waals surface area contributed by atoms with Crippen LogP contribution in [0.1, 0.15) is 91.2 Å². The van der Waals surface area contributed by atoms with Crippen molar-refractivity contribution in [2.75, 3.05) is 85.3 Å². The van der Waals surface area contributed by atoms with Crippen LogP contribution in [0.3, 0.4) is 0 Å². The molecule has 0 aliphatic heterocycles. The number of ether oxygens (including phenoxy) is 6. The van der Waals surface area contributed by atoms with Crippen LogP contribution in [0.25, 0.3) is 0 Å². The van der Waals surface area contributed by atoms with Gasteiger partial charge in [0.25, 0.3) is 0 Å². The number of carbonyl (C=O) groups is 6. The second kappa shape index (κ2) is 36.6. The van der Waals surface area contributed by atoms with Crippen LogP contribution >= 0.6 is 0 Å². The fraction of sp³-hybridized carbons (Fsp3) is 0.565. The van der Waals surface area contributed by atoms with Gasteiger partial charge in [-0.25, -0.2) is 4.79 Å². The number of anilines is 2. The van der Waals surface area contributed by atoms with Gasteiger partial charge in [0.1, 0.15) is 30.5 Å². The van der Waals surface area contributed by atoms with Crippen molar-refractivity contribution in [3.8, 4) is 0 Å². The standard InChI is InChI=1S/C17H18N2O2.C14H24O7.C11H21NO2.C4H10O2/c1-12(20)18-16-7-3-14(4-8-16)11-15-5-9-17(10-6-15)19-13(2)21;1-10(2)12(16)20-6-11(15)7-21-13(17)14(3,8-18-4)9-19-5;1-10(13)8-6-4-3-5-7-9-12-11(2)14;1-5-3-4-6-2/h3-10H,11H2,1-2H3,(H,18,20)(H,19,21);11,15H,1,6-9H2,2-5H3;3-9H2,1-2H3,(H,12,14);3-4H2,1-2H3. The second-order valence-corrected chi connectivity index (χ2v) is 14.7. The van der Waals surface area contributed by atoms with Gasteiger partial charge < -0.3 is 54.3 Å². The van der Waals surface area contributed by atoms with Crippen molar-refractivity contribution in [3.63, 3.8) is 0 Å². The lowest BCUT2D eigenvalue weighted by Crippen LogP contribution is -2.40. The van der Waals surface area contributed by atoms with Crippen LogP contribution in [0.4, 0.5) is 11.4 Å². The predicted octanol–water partition coefficient (Wildman–Crippen LogP) is 5.83. The summed E-state index contributed by atoms with van der Waals surface area (Å²) in [5.41, 5.74) is 3.19. The van der Waals surface area contributed by atoms with E-state index in [1.54, 1.807) is 28.1 Å². The number of aliphatic hydroxyl groups excluding tert-OH is 1. The van der Waals surface area contributed by atoms with Crippen molar-refractivity contribution in [1.29, 1.82) is 0 Å². The summed E-state index contributed by atoms with van der Waals surface area (Å²) in [4.78, 5) is 66.1. The summed E-state index contributed by atoms with van der Waals surface area (Å²) in [6.45, 7) is 14.5. The lowest BCUT2D eigenvalue weighted by Gasteiger charge is -2.26. The van der Waals surface area contributed by atoms with E-state index in [0.29, 0.717) is 19.6 Å². The third kappa shape index (κ3) is 33.7. The topological polar surface area (TPSA) is 214 Å². The molecule has 2 aromatic carbocycles. The molecular formula is C46H73N3O13. The highest BCUT2D eigenvalue weighted by molar-refractivity contribution is 5.89. The van der Waals surface area contributed by atoms with Gasteiger partial charge in [0.2, 0.25) is 17.7 Å². The number of hydrogen-bond donors (Lipinski definition) is 4. The fourth-order valence-corrected chi connectivity index (χ4v) is 5.00. The van der Waals surface area contributed by atoms with Crippen molar-refractivity contribution in [1.82, 2.24) is 5.32 Å². The Bertz CT molecular complexity index is 1490. The number of esters is 2. The fourth-order valence-electron chi connectivity index (χ4n) is 5.00. The molecule has 1 atom stereocenters. The van der Waals surface area contributed by atoms with Gasteiger partial charge in [-0.05, 0) is 75.4 Å². The molecular weight excluding hydrogens is 803 g/mol. The Morgan fingerprint density at radius 3 is 1.45 bits per heavy atom. The number of benzene rings is 2. The zero-order valence-corrected chi connectivity index (χ0v) is 38.6. The first-order chi connectivity index (χ1) is 29.3. The third-order valence-corrected chi connectivity index (χ3v) is 8.11. The number of methoxy groups -OCH3 is 4. The van der Waals surface area contributed by atoms with Gasteiger partial charge >= 0.3 is 11.9 Å². The molecule has 350 valence electrons. The number of nitrogens with one attached hydrogen (secondary N) is 3. The quantitative estimate of drug-likeness (QED) is 0.0526. The second-order valence-electron chi connectivity index (χ2n) is 14.7. The molecule has 0 saturated carbocycles. The zero-order valence-electron chi connectivity index (χ0n) is 38.6. The van der Waals surface area contributed by atoms with Gasteiger partial charge in [0.15, 0.2) is 0 Å². The zero-order chi connectivity index (χ0) is 47.3. The molecule has 1 unspecified atom stereocenters. The van der Waals surface area contributed by atoms with Crippen LogP contribution in [-0.4, -0.2) is 121 Å². The minimum absolute atomic E-state index is 0.0431. The molecule has 62 heavy (non-hydrogen) atoms. The molecule has 4 N–H and O–H groups in total. The normalized spacial score (nSPS) is 10.8. The van der Waals surface area contributed by atoms with E-state index in [9.17, 15) is 33.9 Å². The summed E-state index contributed by atoms with van der Waals surface area (Å²) in [6.07, 6.45) is 5.89. The van der Waals surface area contributed by atoms with Crippen LogP contribution in [0.5, 0.6) is 0 Å². The maximum absolute atomic E-state index is 12.0. The average Bonchev–Trinajstić information content (AvgIpc) is 3.21. The highest BCUT2D eigenvalue weighted by atomic mass is 16.6. The molecule has 0 radical (unpaired) electrons. The Morgan fingerprint density at radius 1 is 0.629 bits per heavy atom. The number of unbranched alkanes of at least 4 members (excludes halogenated alkanes) is 4. The van der Waals surface area contributed by atoms with E-state index in [1.165, 1.54) is 41.9 Å². The number of amides is 3. The molecule has 16 heteroatoms. The Hall–Kier alpha value is -5.00. The summed E-state index contributed by atoms with van der Waals surface area (Å²) < 4.78 is 29.0. The van der Waals surface area contributed by atoms with Crippen molar-refractivity contribution in [3.05, 3.63) is 71.8 Å². The van der Waals surface area contributed by atoms with Crippen molar-refractivity contribution >= 4 is 46.8 Å². The van der Waals surface area contributed by atoms with Gasteiger partial charge in [-0.3, -0.25) is 19.2 Å². The summed E-state index contributed by atoms with van der Waals surface area (Å²) in [5, 5.41) is 17.9. The van der Waals surface area contributed by atoms with Crippen molar-refractivity contribution in [2.45, 2.75) is 92.6 Å². The Balaban J connectivity index is 0. The molecule has 0 saturated heterocycles. The average molecular weight is 876 g/mol. The number of hydrogen-bond acceptors (Lipinski definition) is 13. The molecule has 2 aromatic rings. The molecule has 16 nitrogen and oxygen atoms in total. The summed E-state index contributed by atoms with van der Waals surface area (Å²) in [5.74, 6) is -0.988. The van der Waals surface area contributed by atoms with Crippen LogP contribution in [-0.2, 0) is 63.6 Å². The van der Waals surface area contributed by atoms with E-state index in [0.717, 1.165) is 67.6 Å². The van der Waals surface area contributed by atoms with E-state index in [4.69, 9.17) is 18.9 Å². The molecule has 0 aliphatic carbocycles. The van der Waals surface area contributed by atoms with E-state index >= 15 is 0 Å². The monoisotopic (exact) mass is 876 g/mol. The van der Waals surface area contributed by atoms with Gasteiger partial charge in [-0.1, -0.05) is 50.1 Å².